The van der Waals surface area contributed by atoms with Crippen LogP contribution in [-0.2, 0) is 14.3 Å². The summed E-state index contributed by atoms with van der Waals surface area (Å²) in [6, 6.07) is 0. The van der Waals surface area contributed by atoms with E-state index in [1.54, 1.807) is 0 Å². The van der Waals surface area contributed by atoms with E-state index in [0.717, 1.165) is 38.5 Å². The molecule has 0 heterocycles. The summed E-state index contributed by atoms with van der Waals surface area (Å²) >= 11 is 0. The predicted molar refractivity (Wildman–Crippen MR) is 108 cm³/mol. The minimum atomic E-state index is -0.629. The monoisotopic (exact) mass is 388 g/mol. The number of carboxylic acid groups (broad SMARTS) is 1. The Morgan fingerprint density at radius 3 is 2.57 bits per heavy atom. The Morgan fingerprint density at radius 1 is 1.14 bits per heavy atom. The molecule has 0 saturated heterocycles. The van der Waals surface area contributed by atoms with Crippen molar-refractivity contribution in [2.45, 2.75) is 85.2 Å². The van der Waals surface area contributed by atoms with E-state index in [-0.39, 0.29) is 28.8 Å². The van der Waals surface area contributed by atoms with Gasteiger partial charge in [0.1, 0.15) is 6.10 Å². The molecule has 156 valence electrons. The van der Waals surface area contributed by atoms with Gasteiger partial charge in [0.05, 0.1) is 5.92 Å². The van der Waals surface area contributed by atoms with E-state index in [1.807, 2.05) is 6.92 Å². The fraction of sp³-hybridized carbons (Fsp3) is 0.833. The van der Waals surface area contributed by atoms with E-state index in [2.05, 4.69) is 19.9 Å². The van der Waals surface area contributed by atoms with Crippen LogP contribution in [0.25, 0.3) is 0 Å². The van der Waals surface area contributed by atoms with Crippen molar-refractivity contribution in [3.8, 4) is 0 Å². The Kier molecular flexibility index (Phi) is 4.91. The average Bonchev–Trinajstić information content (AvgIpc) is 2.98. The molecule has 0 radical (unpaired) electrons. The Hall–Kier alpha value is -1.32. The lowest BCUT2D eigenvalue weighted by Gasteiger charge is -2.58. The molecule has 0 aromatic carbocycles. The molecule has 8 atom stereocenters. The first-order valence-corrected chi connectivity index (χ1v) is 11.3. The van der Waals surface area contributed by atoms with Gasteiger partial charge in [-0.2, -0.15) is 0 Å². The Labute approximate surface area is 169 Å². The van der Waals surface area contributed by atoms with Crippen molar-refractivity contribution >= 4 is 11.9 Å². The Bertz CT molecular complexity index is 697. The lowest BCUT2D eigenvalue weighted by molar-refractivity contribution is -0.148. The first kappa shape index (κ1) is 20.0. The highest BCUT2D eigenvalue weighted by atomic mass is 16.5. The van der Waals surface area contributed by atoms with Gasteiger partial charge in [0.2, 0.25) is 0 Å². The van der Waals surface area contributed by atoms with Crippen LogP contribution in [0.2, 0.25) is 0 Å². The highest BCUT2D eigenvalue weighted by Crippen LogP contribution is 2.67. The second-order valence-corrected chi connectivity index (χ2v) is 10.6. The maximum absolute atomic E-state index is 11.7. The van der Waals surface area contributed by atoms with E-state index in [1.165, 1.54) is 25.3 Å². The van der Waals surface area contributed by atoms with Gasteiger partial charge >= 0.3 is 11.9 Å². The fourth-order valence-corrected chi connectivity index (χ4v) is 8.00. The molecule has 4 aliphatic carbocycles. The SMILES string of the molecule is CC(=O)OC1CC[C@@]2(C)C(=CC[C@H]3[C@@H]4CC[C@H](C(C)C(=O)O)[C@@]4(C)CC[C@@H]32)C1. The number of fused-ring (bicyclic) bond motifs is 5. The van der Waals surface area contributed by atoms with E-state index in [4.69, 9.17) is 4.74 Å². The minimum absolute atomic E-state index is 0.0505. The van der Waals surface area contributed by atoms with E-state index in [0.29, 0.717) is 23.7 Å². The summed E-state index contributed by atoms with van der Waals surface area (Å²) in [5.74, 6) is 1.31. The van der Waals surface area contributed by atoms with Crippen molar-refractivity contribution in [3.63, 3.8) is 0 Å². The number of carboxylic acids is 1. The first-order chi connectivity index (χ1) is 13.2. The van der Waals surface area contributed by atoms with Gasteiger partial charge in [-0.25, -0.2) is 0 Å². The van der Waals surface area contributed by atoms with Crippen LogP contribution in [-0.4, -0.2) is 23.1 Å². The quantitative estimate of drug-likeness (QED) is 0.532. The van der Waals surface area contributed by atoms with E-state index >= 15 is 0 Å². The molecule has 1 N–H and O–H groups in total. The largest absolute Gasteiger partial charge is 0.481 e. The van der Waals surface area contributed by atoms with Gasteiger partial charge < -0.3 is 9.84 Å². The molecule has 0 amide bonds. The highest BCUT2D eigenvalue weighted by molar-refractivity contribution is 5.70. The van der Waals surface area contributed by atoms with Crippen molar-refractivity contribution in [1.29, 1.82) is 0 Å². The van der Waals surface area contributed by atoms with Crippen LogP contribution in [0.5, 0.6) is 0 Å². The summed E-state index contributed by atoms with van der Waals surface area (Å²) in [6.45, 7) is 8.28. The third-order valence-corrected chi connectivity index (χ3v) is 9.46. The summed E-state index contributed by atoms with van der Waals surface area (Å²) in [6.07, 6.45) is 11.3. The van der Waals surface area contributed by atoms with Gasteiger partial charge in [-0.3, -0.25) is 9.59 Å². The molecule has 0 spiro atoms. The molecule has 0 bridgehead atoms. The van der Waals surface area contributed by atoms with Crippen LogP contribution in [0.4, 0.5) is 0 Å². The van der Waals surface area contributed by atoms with Crippen LogP contribution < -0.4 is 0 Å². The van der Waals surface area contributed by atoms with Gasteiger partial charge in [-0.1, -0.05) is 32.4 Å². The summed E-state index contributed by atoms with van der Waals surface area (Å²) in [4.78, 5) is 23.1. The van der Waals surface area contributed by atoms with Crippen LogP contribution in [0.15, 0.2) is 11.6 Å². The zero-order chi connectivity index (χ0) is 20.3. The summed E-state index contributed by atoms with van der Waals surface area (Å²) in [5.41, 5.74) is 1.93. The standard InChI is InChI=1S/C24H36O4/c1-14(22(26)27)19-7-8-20-18-6-5-16-13-17(28-15(2)25)9-11-23(16,3)21(18)10-12-24(19,20)4/h5,14,17-21H,6-13H2,1-4H3,(H,26,27)/t14?,17?,18-,19+,20-,21-,23-,24+/m0/s1. The maximum Gasteiger partial charge on any atom is 0.306 e. The smallest absolute Gasteiger partial charge is 0.306 e. The van der Waals surface area contributed by atoms with Crippen molar-refractivity contribution in [3.05, 3.63) is 11.6 Å². The lowest BCUT2D eigenvalue weighted by Crippen LogP contribution is -2.51. The number of aliphatic carboxylic acids is 1. The zero-order valence-corrected chi connectivity index (χ0v) is 17.9. The normalized spacial score (nSPS) is 45.9. The van der Waals surface area contributed by atoms with Crippen molar-refractivity contribution < 1.29 is 19.4 Å². The Balaban J connectivity index is 1.57. The van der Waals surface area contributed by atoms with Crippen LogP contribution in [0, 0.1) is 40.4 Å². The second-order valence-electron chi connectivity index (χ2n) is 10.6. The number of ether oxygens (including phenoxy) is 1. The number of carbonyl (C=O) groups is 2. The van der Waals surface area contributed by atoms with Crippen LogP contribution in [0.1, 0.15) is 79.1 Å². The van der Waals surface area contributed by atoms with Gasteiger partial charge in [-0.05, 0) is 79.4 Å². The number of rotatable bonds is 3. The summed E-state index contributed by atoms with van der Waals surface area (Å²) in [7, 11) is 0. The molecule has 0 aromatic heterocycles. The molecule has 3 saturated carbocycles. The van der Waals surface area contributed by atoms with E-state index < -0.39 is 5.97 Å². The highest BCUT2D eigenvalue weighted by Gasteiger charge is 2.59. The van der Waals surface area contributed by atoms with Crippen molar-refractivity contribution in [2.24, 2.45) is 40.4 Å². The van der Waals surface area contributed by atoms with Gasteiger partial charge in [-0.15, -0.1) is 0 Å². The van der Waals surface area contributed by atoms with Crippen LogP contribution in [0.3, 0.4) is 0 Å². The molecule has 0 aromatic rings. The Morgan fingerprint density at radius 2 is 1.89 bits per heavy atom. The third kappa shape index (κ3) is 2.93. The maximum atomic E-state index is 11.7. The summed E-state index contributed by atoms with van der Waals surface area (Å²) in [5, 5.41) is 9.62. The van der Waals surface area contributed by atoms with Crippen LogP contribution >= 0.6 is 0 Å². The molecular weight excluding hydrogens is 352 g/mol. The molecule has 4 heteroatoms. The van der Waals surface area contributed by atoms with Gasteiger partial charge in [0, 0.05) is 13.3 Å². The molecular formula is C24H36O4. The molecule has 0 aliphatic heterocycles. The molecule has 3 fully saturated rings. The van der Waals surface area contributed by atoms with Gasteiger partial charge in [0.15, 0.2) is 0 Å². The molecule has 2 unspecified atom stereocenters. The van der Waals surface area contributed by atoms with Crippen molar-refractivity contribution in [2.75, 3.05) is 0 Å². The molecule has 4 rings (SSSR count). The minimum Gasteiger partial charge on any atom is -0.481 e. The summed E-state index contributed by atoms with van der Waals surface area (Å²) < 4.78 is 5.53. The number of esters is 1. The second kappa shape index (κ2) is 6.88. The van der Waals surface area contributed by atoms with E-state index in [9.17, 15) is 14.7 Å². The predicted octanol–water partition coefficient (Wildman–Crippen LogP) is 5.22. The topological polar surface area (TPSA) is 63.6 Å². The lowest BCUT2D eigenvalue weighted by atomic mass is 9.47. The number of carbonyl (C=O) groups excluding carboxylic acids is 1. The number of allylic oxidation sites excluding steroid dienone is 1. The molecule has 4 aliphatic rings. The third-order valence-electron chi connectivity index (χ3n) is 9.46. The first-order valence-electron chi connectivity index (χ1n) is 11.3. The number of hydrogen-bond acceptors (Lipinski definition) is 3. The number of hydrogen-bond donors (Lipinski definition) is 1. The average molecular weight is 389 g/mol. The fourth-order valence-electron chi connectivity index (χ4n) is 8.00. The molecule has 4 nitrogen and oxygen atoms in total. The molecule has 28 heavy (non-hydrogen) atoms. The van der Waals surface area contributed by atoms with Crippen molar-refractivity contribution in [1.82, 2.24) is 0 Å². The van der Waals surface area contributed by atoms with Gasteiger partial charge in [0.25, 0.3) is 0 Å². The zero-order valence-electron chi connectivity index (χ0n) is 17.9.